The monoisotopic (exact) mass is 1130 g/mol. The van der Waals surface area contributed by atoms with Crippen molar-refractivity contribution in [1.82, 2.24) is 44.7 Å². The fourth-order valence-electron chi connectivity index (χ4n) is 11.0. The van der Waals surface area contributed by atoms with Gasteiger partial charge in [0.1, 0.15) is 41.4 Å². The highest BCUT2D eigenvalue weighted by Crippen LogP contribution is 2.41. The van der Waals surface area contributed by atoms with Crippen LogP contribution in [0.2, 0.25) is 0 Å². The number of hydrogen-bond donors (Lipinski definition) is 4. The van der Waals surface area contributed by atoms with Crippen molar-refractivity contribution in [3.05, 3.63) is 149 Å². The Hall–Kier alpha value is -6.03. The maximum atomic E-state index is 15.0. The summed E-state index contributed by atoms with van der Waals surface area (Å²) in [4.78, 5) is 40.7. The minimum absolute atomic E-state index is 0.0169. The number of hydrogen-bond acceptors (Lipinski definition) is 11. The lowest BCUT2D eigenvalue weighted by Crippen LogP contribution is -2.48. The molecule has 3 saturated heterocycles. The second-order valence-electron chi connectivity index (χ2n) is 22.3. The molecule has 3 fully saturated rings. The van der Waals surface area contributed by atoms with Gasteiger partial charge in [-0.05, 0) is 104 Å². The molecule has 0 unspecified atom stereocenters. The zero-order valence-electron chi connectivity index (χ0n) is 46.2. The second kappa shape index (κ2) is 27.6. The molecule has 14 nitrogen and oxygen atoms in total. The van der Waals surface area contributed by atoms with Crippen LogP contribution in [0.4, 0.5) is 22.0 Å². The molecule has 9 rings (SSSR count). The van der Waals surface area contributed by atoms with Crippen LogP contribution in [0, 0.1) is 52.4 Å². The van der Waals surface area contributed by atoms with Crippen molar-refractivity contribution in [3.63, 3.8) is 0 Å². The number of ether oxygens (including phenoxy) is 1. The van der Waals surface area contributed by atoms with E-state index in [2.05, 4.69) is 22.7 Å². The zero-order chi connectivity index (χ0) is 57.1. The van der Waals surface area contributed by atoms with Gasteiger partial charge in [-0.1, -0.05) is 88.4 Å². The molecule has 0 spiro atoms. The van der Waals surface area contributed by atoms with E-state index in [1.807, 2.05) is 86.0 Å². The molecule has 0 aliphatic carbocycles. The number of thioether (sulfide) groups is 1. The Bertz CT molecular complexity index is 2970. The Labute approximate surface area is 470 Å². The Balaban J connectivity index is 0.000000211. The number of amides is 2. The summed E-state index contributed by atoms with van der Waals surface area (Å²) in [5, 5.41) is 21.5. The number of nitrogens with two attached hydrogens (primary N) is 1. The molecule has 80 heavy (non-hydrogen) atoms. The van der Waals surface area contributed by atoms with Gasteiger partial charge in [0.05, 0.1) is 35.6 Å². The SMILES string of the molecule is C[C@H](O)C(=O)N(C[C@@H]1CNC[C@@H]1C)[C@@H](c1nc(-c2cc(F)ccc2F)nn1Cc1ccccc1)C(C)(C)C.NCCSCC(=O)N(C[C@@H]1CNC[C@@H]1F)[C@@H](c1nc(-c2cc(F)ccc2F)cn1Cc1ccccc1)C1CCOCC1. The Morgan fingerprint density at radius 2 is 1.40 bits per heavy atom. The van der Waals surface area contributed by atoms with E-state index in [1.165, 1.54) is 18.7 Å². The van der Waals surface area contributed by atoms with Gasteiger partial charge >= 0.3 is 0 Å². The molecule has 3 aliphatic rings. The number of imidazole rings is 1. The van der Waals surface area contributed by atoms with Crippen LogP contribution in [0.3, 0.4) is 0 Å². The predicted molar refractivity (Wildman–Crippen MR) is 301 cm³/mol. The van der Waals surface area contributed by atoms with Crippen molar-refractivity contribution >= 4 is 23.6 Å². The molecule has 430 valence electrons. The maximum Gasteiger partial charge on any atom is 0.251 e. The first-order chi connectivity index (χ1) is 38.4. The van der Waals surface area contributed by atoms with E-state index in [1.54, 1.807) is 20.7 Å². The van der Waals surface area contributed by atoms with E-state index in [4.69, 9.17) is 20.4 Å². The summed E-state index contributed by atoms with van der Waals surface area (Å²) in [6.07, 6.45) is 0.819. The van der Waals surface area contributed by atoms with Gasteiger partial charge < -0.3 is 40.6 Å². The number of halogens is 5. The molecule has 2 amide bonds. The standard InChI is InChI=1S/C31H38F3N5O2S.C29H37F2N5O2/c32-24-6-7-26(33)25(14-24)28-19-38(17-21-4-2-1-3-5-21)31(37-28)30(22-8-11-41-12-9-22)39(29(40)20-42-13-10-35)18-23-15-36-16-27(23)34;1-18-14-32-15-21(18)17-35(28(38)19(2)37)25(29(3,4)5)27-33-26(23-13-22(30)11-12-24(23)31)34-36(27)16-20-9-7-6-8-10-20/h1-7,14,19,22-23,27,30,36H,8-13,15-18,20,35H2;6-13,18-19,21,25,32,37H,14-17H2,1-5H3/t23-,27-,30+;18-,19-,21-,25-/m00/s1. The molecule has 2 aromatic heterocycles. The Morgan fingerprint density at radius 1 is 0.800 bits per heavy atom. The second-order valence-corrected chi connectivity index (χ2v) is 23.4. The topological polar surface area (TPSA) is 169 Å². The van der Waals surface area contributed by atoms with Gasteiger partial charge in [0, 0.05) is 75.9 Å². The number of rotatable bonds is 20. The summed E-state index contributed by atoms with van der Waals surface area (Å²) in [7, 11) is 0. The summed E-state index contributed by atoms with van der Waals surface area (Å²) in [6, 6.07) is 24.8. The van der Waals surface area contributed by atoms with Crippen LogP contribution in [-0.2, 0) is 27.4 Å². The van der Waals surface area contributed by atoms with Crippen LogP contribution in [0.15, 0.2) is 103 Å². The van der Waals surface area contributed by atoms with E-state index >= 15 is 0 Å². The van der Waals surface area contributed by atoms with Gasteiger partial charge in [0.2, 0.25) is 5.91 Å². The average Bonchev–Trinajstić information content (AvgIpc) is 4.26. The van der Waals surface area contributed by atoms with Crippen LogP contribution in [0.1, 0.15) is 82.3 Å². The number of nitrogens with zero attached hydrogens (tertiary/aromatic N) is 7. The van der Waals surface area contributed by atoms with Crippen LogP contribution in [-0.4, -0.2) is 134 Å². The molecule has 20 heteroatoms. The van der Waals surface area contributed by atoms with Crippen molar-refractivity contribution in [2.75, 3.05) is 70.5 Å². The molecule has 5 heterocycles. The van der Waals surface area contributed by atoms with Crippen LogP contribution >= 0.6 is 11.8 Å². The molecule has 0 radical (unpaired) electrons. The quantitative estimate of drug-likeness (QED) is 0.0426. The number of benzene rings is 4. The zero-order valence-corrected chi connectivity index (χ0v) is 47.0. The fraction of sp³-hybridized carbons (Fsp3) is 0.483. The van der Waals surface area contributed by atoms with Crippen molar-refractivity contribution < 1.29 is 41.4 Å². The molecular weight excluding hydrogens is 1050 g/mol. The summed E-state index contributed by atoms with van der Waals surface area (Å²) < 4.78 is 82.4. The van der Waals surface area contributed by atoms with Crippen molar-refractivity contribution in [3.8, 4) is 22.6 Å². The Kier molecular flexibility index (Phi) is 20.7. The highest BCUT2D eigenvalue weighted by molar-refractivity contribution is 7.99. The number of carbonyl (C=O) groups is 2. The van der Waals surface area contributed by atoms with Crippen molar-refractivity contribution in [1.29, 1.82) is 0 Å². The van der Waals surface area contributed by atoms with E-state index in [0.29, 0.717) is 82.1 Å². The van der Waals surface area contributed by atoms with E-state index < -0.39 is 59.0 Å². The van der Waals surface area contributed by atoms with Gasteiger partial charge in [-0.2, -0.15) is 16.9 Å². The largest absolute Gasteiger partial charge is 0.384 e. The molecule has 0 saturated carbocycles. The number of aromatic nitrogens is 5. The summed E-state index contributed by atoms with van der Waals surface area (Å²) in [5.41, 5.74) is 7.39. The van der Waals surface area contributed by atoms with Gasteiger partial charge in [-0.3, -0.25) is 9.59 Å². The normalized spacial score (nSPS) is 19.8. The number of aliphatic hydroxyl groups excluding tert-OH is 1. The summed E-state index contributed by atoms with van der Waals surface area (Å²) in [6.45, 7) is 14.9. The van der Waals surface area contributed by atoms with Gasteiger partial charge in [-0.15, -0.1) is 0 Å². The molecule has 7 atom stereocenters. The Morgan fingerprint density at radius 3 is 1.99 bits per heavy atom. The molecular formula is C60H75F5N10O4S. The predicted octanol–water partition coefficient (Wildman–Crippen LogP) is 8.85. The highest BCUT2D eigenvalue weighted by atomic mass is 32.2. The minimum atomic E-state index is -1.21. The lowest BCUT2D eigenvalue weighted by molar-refractivity contribution is -0.146. The number of alkyl halides is 1. The van der Waals surface area contributed by atoms with Crippen LogP contribution in [0.5, 0.6) is 0 Å². The third kappa shape index (κ3) is 15.1. The van der Waals surface area contributed by atoms with E-state index in [9.17, 15) is 36.6 Å². The first kappa shape index (κ1) is 60.1. The summed E-state index contributed by atoms with van der Waals surface area (Å²) in [5.74, 6) is -0.846. The van der Waals surface area contributed by atoms with Gasteiger partial charge in [-0.25, -0.2) is 36.6 Å². The average molecular weight is 1130 g/mol. The molecule has 6 aromatic rings. The molecule has 0 bridgehead atoms. The summed E-state index contributed by atoms with van der Waals surface area (Å²) >= 11 is 1.45. The first-order valence-corrected chi connectivity index (χ1v) is 28.7. The lowest BCUT2D eigenvalue weighted by Gasteiger charge is -2.41. The van der Waals surface area contributed by atoms with Crippen LogP contribution < -0.4 is 16.4 Å². The minimum Gasteiger partial charge on any atom is -0.384 e. The third-order valence-corrected chi connectivity index (χ3v) is 16.2. The maximum absolute atomic E-state index is 15.0. The van der Waals surface area contributed by atoms with Gasteiger partial charge in [0.25, 0.3) is 5.91 Å². The van der Waals surface area contributed by atoms with E-state index in [-0.39, 0.29) is 65.1 Å². The number of carbonyl (C=O) groups excluding carboxylic acids is 2. The number of aliphatic hydroxyl groups is 1. The van der Waals surface area contributed by atoms with Crippen LogP contribution in [0.25, 0.3) is 22.6 Å². The van der Waals surface area contributed by atoms with Crippen molar-refractivity contribution in [2.45, 2.75) is 84.9 Å². The van der Waals surface area contributed by atoms with Gasteiger partial charge in [0.15, 0.2) is 11.6 Å². The lowest BCUT2D eigenvalue weighted by atomic mass is 9.83. The molecule has 4 aromatic carbocycles. The molecule has 5 N–H and O–H groups in total. The first-order valence-electron chi connectivity index (χ1n) is 27.6. The fourth-order valence-corrected chi connectivity index (χ4v) is 11.6. The smallest absolute Gasteiger partial charge is 0.251 e. The van der Waals surface area contributed by atoms with E-state index in [0.717, 1.165) is 60.6 Å². The molecule has 3 aliphatic heterocycles. The van der Waals surface area contributed by atoms with Crippen molar-refractivity contribution in [2.24, 2.45) is 34.8 Å². The number of nitrogens with one attached hydrogen (secondary N) is 2. The third-order valence-electron chi connectivity index (χ3n) is 15.2. The highest BCUT2D eigenvalue weighted by Gasteiger charge is 2.43.